The van der Waals surface area contributed by atoms with Gasteiger partial charge >= 0.3 is 5.69 Å². The number of H-pyrrole nitrogens is 1. The van der Waals surface area contributed by atoms with Crippen LogP contribution in [0.5, 0.6) is 11.5 Å². The number of pyridine rings is 3. The zero-order valence-corrected chi connectivity index (χ0v) is 37.9. The molecule has 6 heterocycles. The van der Waals surface area contributed by atoms with Crippen LogP contribution in [-0.4, -0.2) is 100 Å². The number of morpholine rings is 1. The molecule has 2 aliphatic heterocycles. The number of amides is 1. The summed E-state index contributed by atoms with van der Waals surface area (Å²) in [7, 11) is -4.66. The standard InChI is InChI=1S/C47H57N9O8S/c1-30(2)36-6-4-5-7-37(36)40-29-63-19-18-55(40)33-23-47(24-33)13-16-54(17-14-47)42-22-41(64-34-20-32-10-15-48-43(32)51-26-34)38(28-49-42)45(57)53-65(61,62)35-21-39(56(59)60)44(52-27-35)50-25-31-8-11-46(3,58)12-9-31/h4-7,10,15,20-22,26-28,30-31,33,40,58H,8-9,11-14,16-19,23-25,29H2,1-3H3,(H,48,51)(H,50,52)(H,53,57)/t31-,40-,46-/m0/s1. The zero-order valence-electron chi connectivity index (χ0n) is 37.0. The predicted molar refractivity (Wildman–Crippen MR) is 245 cm³/mol. The number of aromatic nitrogens is 4. The lowest BCUT2D eigenvalue weighted by Gasteiger charge is -2.57. The molecule has 1 amide bonds. The van der Waals surface area contributed by atoms with Gasteiger partial charge in [-0.25, -0.2) is 28.1 Å². The molecule has 1 spiro atoms. The number of aliphatic hydroxyl groups is 1. The van der Waals surface area contributed by atoms with E-state index in [1.54, 1.807) is 25.3 Å². The molecule has 344 valence electrons. The second-order valence-corrected chi connectivity index (χ2v) is 20.6. The van der Waals surface area contributed by atoms with Crippen LogP contribution < -0.4 is 19.7 Å². The third-order valence-electron chi connectivity index (χ3n) is 14.1. The maximum absolute atomic E-state index is 13.9. The van der Waals surface area contributed by atoms with Crippen molar-refractivity contribution < 1.29 is 32.7 Å². The fraction of sp³-hybridized carbons (Fsp3) is 0.489. The number of carbonyl (C=O) groups excluding carboxylic acids is 1. The molecule has 1 aromatic carbocycles. The van der Waals surface area contributed by atoms with Gasteiger partial charge in [-0.05, 0) is 98.8 Å². The lowest BCUT2D eigenvalue weighted by Crippen LogP contribution is -2.58. The van der Waals surface area contributed by atoms with Crippen LogP contribution in [0.1, 0.15) is 106 Å². The van der Waals surface area contributed by atoms with Gasteiger partial charge in [-0.3, -0.25) is 19.8 Å². The smallest absolute Gasteiger partial charge is 0.312 e. The van der Waals surface area contributed by atoms with Gasteiger partial charge in [-0.2, -0.15) is 0 Å². The molecule has 0 radical (unpaired) electrons. The third-order valence-corrected chi connectivity index (χ3v) is 15.4. The van der Waals surface area contributed by atoms with Crippen LogP contribution in [0, 0.1) is 21.4 Å². The van der Waals surface area contributed by atoms with Crippen molar-refractivity contribution >= 4 is 44.3 Å². The molecule has 4 fully saturated rings. The van der Waals surface area contributed by atoms with Crippen molar-refractivity contribution in [3.05, 3.63) is 100 Å². The number of rotatable bonds is 13. The number of aromatic amines is 1. The molecule has 0 unspecified atom stereocenters. The minimum atomic E-state index is -4.66. The first kappa shape index (κ1) is 44.5. The minimum Gasteiger partial charge on any atom is -0.455 e. The molecule has 65 heavy (non-hydrogen) atoms. The molecule has 4 N–H and O–H groups in total. The van der Waals surface area contributed by atoms with E-state index in [4.69, 9.17) is 9.47 Å². The molecule has 4 aromatic heterocycles. The highest BCUT2D eigenvalue weighted by molar-refractivity contribution is 7.90. The fourth-order valence-electron chi connectivity index (χ4n) is 10.2. The van der Waals surface area contributed by atoms with Gasteiger partial charge in [0.15, 0.2) is 0 Å². The number of nitrogens with zero attached hydrogens (tertiary/aromatic N) is 6. The Hall–Kier alpha value is -5.69. The molecule has 2 saturated carbocycles. The van der Waals surface area contributed by atoms with Crippen molar-refractivity contribution in [2.75, 3.05) is 49.6 Å². The maximum Gasteiger partial charge on any atom is 0.312 e. The molecule has 18 heteroatoms. The molecule has 2 aliphatic carbocycles. The van der Waals surface area contributed by atoms with Gasteiger partial charge in [0, 0.05) is 62.1 Å². The topological polar surface area (TPSA) is 218 Å². The van der Waals surface area contributed by atoms with Crippen molar-refractivity contribution in [3.8, 4) is 11.5 Å². The Kier molecular flexibility index (Phi) is 12.3. The van der Waals surface area contributed by atoms with E-state index in [0.717, 1.165) is 82.4 Å². The van der Waals surface area contributed by atoms with E-state index in [-0.39, 0.29) is 34.5 Å². The van der Waals surface area contributed by atoms with Gasteiger partial charge in [0.2, 0.25) is 5.82 Å². The van der Waals surface area contributed by atoms with Crippen LogP contribution in [0.2, 0.25) is 0 Å². The van der Waals surface area contributed by atoms with E-state index >= 15 is 0 Å². The normalized spacial score (nSPS) is 22.8. The van der Waals surface area contributed by atoms with Crippen LogP contribution >= 0.6 is 0 Å². The Morgan fingerprint density at radius 2 is 1.80 bits per heavy atom. The number of hydrogen-bond donors (Lipinski definition) is 4. The SMILES string of the molecule is CC(C)c1ccccc1[C@@H]1COCCN1C1CC2(CCN(c3cc(Oc4cnc5[nH]ccc5c4)c(C(=O)NS(=O)(=O)c4cnc(NC[C@H]5CC[C@](C)(O)CC5)c([N+](=O)[O-])c4)cn3)CC2)C1. The molecular weight excluding hydrogens is 851 g/mol. The molecule has 5 aromatic rings. The molecule has 1 atom stereocenters. The number of nitrogens with one attached hydrogen (secondary N) is 3. The molecule has 4 aliphatic rings. The van der Waals surface area contributed by atoms with Gasteiger partial charge in [0.25, 0.3) is 15.9 Å². The van der Waals surface area contributed by atoms with E-state index < -0.39 is 37.0 Å². The third kappa shape index (κ3) is 9.53. The number of carbonyl (C=O) groups is 1. The number of anilines is 2. The highest BCUT2D eigenvalue weighted by Crippen LogP contribution is 2.53. The summed E-state index contributed by atoms with van der Waals surface area (Å²) in [6.07, 6.45) is 12.4. The second kappa shape index (κ2) is 17.9. The summed E-state index contributed by atoms with van der Waals surface area (Å²) in [6.45, 7) is 10.5. The van der Waals surface area contributed by atoms with Crippen molar-refractivity contribution in [2.24, 2.45) is 11.3 Å². The van der Waals surface area contributed by atoms with Gasteiger partial charge in [0.05, 0.1) is 42.2 Å². The van der Waals surface area contributed by atoms with Crippen molar-refractivity contribution in [1.29, 1.82) is 0 Å². The lowest BCUT2D eigenvalue weighted by molar-refractivity contribution is -0.384. The summed E-state index contributed by atoms with van der Waals surface area (Å²) < 4.78 is 41.8. The average molecular weight is 908 g/mol. The molecule has 0 bridgehead atoms. The van der Waals surface area contributed by atoms with E-state index in [1.165, 1.54) is 23.5 Å². The zero-order chi connectivity index (χ0) is 45.5. The van der Waals surface area contributed by atoms with Crippen LogP contribution in [0.3, 0.4) is 0 Å². The quantitative estimate of drug-likeness (QED) is 0.0666. The Balaban J connectivity index is 0.898. The van der Waals surface area contributed by atoms with Gasteiger partial charge in [-0.15, -0.1) is 0 Å². The highest BCUT2D eigenvalue weighted by atomic mass is 32.2. The Morgan fingerprint density at radius 1 is 1.03 bits per heavy atom. The molecular formula is C47H57N9O8S. The van der Waals surface area contributed by atoms with E-state index in [9.17, 15) is 28.4 Å². The maximum atomic E-state index is 13.9. The van der Waals surface area contributed by atoms with Crippen LogP contribution in [0.15, 0.2) is 78.2 Å². The van der Waals surface area contributed by atoms with E-state index in [2.05, 4.69) is 77.9 Å². The Labute approximate surface area is 378 Å². The van der Waals surface area contributed by atoms with Crippen molar-refractivity contribution in [1.82, 2.24) is 29.6 Å². The number of fused-ring (bicyclic) bond motifs is 1. The van der Waals surface area contributed by atoms with Crippen molar-refractivity contribution in [2.45, 2.75) is 101 Å². The summed E-state index contributed by atoms with van der Waals surface area (Å²) in [4.78, 5) is 45.8. The molecule has 17 nitrogen and oxygen atoms in total. The number of piperidine rings is 1. The summed E-state index contributed by atoms with van der Waals surface area (Å²) in [5, 5.41) is 26.2. The van der Waals surface area contributed by atoms with Crippen LogP contribution in [0.25, 0.3) is 11.0 Å². The first-order valence-electron chi connectivity index (χ1n) is 22.6. The van der Waals surface area contributed by atoms with Gasteiger partial charge < -0.3 is 29.8 Å². The van der Waals surface area contributed by atoms with Gasteiger partial charge in [-0.1, -0.05) is 38.1 Å². The van der Waals surface area contributed by atoms with Gasteiger partial charge in [0.1, 0.15) is 33.4 Å². The summed E-state index contributed by atoms with van der Waals surface area (Å²) in [5.41, 5.74) is 2.18. The molecule has 9 rings (SSSR count). The first-order valence-corrected chi connectivity index (χ1v) is 24.1. The van der Waals surface area contributed by atoms with E-state index in [1.807, 2.05) is 6.07 Å². The number of ether oxygens (including phenoxy) is 2. The minimum absolute atomic E-state index is 0.0660. The average Bonchev–Trinajstić information content (AvgIpc) is 3.76. The number of sulfonamides is 1. The summed E-state index contributed by atoms with van der Waals surface area (Å²) >= 11 is 0. The Morgan fingerprint density at radius 3 is 2.55 bits per heavy atom. The highest BCUT2D eigenvalue weighted by Gasteiger charge is 2.50. The first-order chi connectivity index (χ1) is 31.2. The Bertz CT molecular complexity index is 2660. The predicted octanol–water partition coefficient (Wildman–Crippen LogP) is 7.47. The summed E-state index contributed by atoms with van der Waals surface area (Å²) in [6, 6.07) is 15.6. The number of benzene rings is 1. The number of hydrogen-bond acceptors (Lipinski definition) is 14. The van der Waals surface area contributed by atoms with E-state index in [0.29, 0.717) is 55.2 Å². The monoisotopic (exact) mass is 907 g/mol. The number of nitro groups is 1. The molecule has 2 saturated heterocycles. The van der Waals surface area contributed by atoms with Crippen LogP contribution in [0.4, 0.5) is 17.3 Å². The summed E-state index contributed by atoms with van der Waals surface area (Å²) in [5.74, 6) is 0.432. The van der Waals surface area contributed by atoms with Crippen molar-refractivity contribution in [3.63, 3.8) is 0 Å². The van der Waals surface area contributed by atoms with Crippen LogP contribution in [-0.2, 0) is 14.8 Å². The second-order valence-electron chi connectivity index (χ2n) is 18.9. The fourth-order valence-corrected chi connectivity index (χ4v) is 11.2. The lowest BCUT2D eigenvalue weighted by atomic mass is 9.59. The largest absolute Gasteiger partial charge is 0.455 e.